The summed E-state index contributed by atoms with van der Waals surface area (Å²) in [5.74, 6) is 0.983. The second kappa shape index (κ2) is 9.91. The molecule has 2 fully saturated rings. The number of amides is 2. The van der Waals surface area contributed by atoms with Crippen LogP contribution < -0.4 is 10.2 Å². The highest BCUT2D eigenvalue weighted by Gasteiger charge is 2.36. The number of aryl methyl sites for hydroxylation is 3. The van der Waals surface area contributed by atoms with Gasteiger partial charge in [-0.1, -0.05) is 18.2 Å². The third-order valence-electron chi connectivity index (χ3n) is 6.84. The summed E-state index contributed by atoms with van der Waals surface area (Å²) < 4.78 is 5.56. The third kappa shape index (κ3) is 4.88. The van der Waals surface area contributed by atoms with Gasteiger partial charge in [-0.25, -0.2) is 4.98 Å². The highest BCUT2D eigenvalue weighted by molar-refractivity contribution is 5.94. The molecule has 0 aliphatic carbocycles. The molecule has 2 aliphatic heterocycles. The smallest absolute Gasteiger partial charge is 0.253 e. The van der Waals surface area contributed by atoms with Gasteiger partial charge in [0.15, 0.2) is 0 Å². The van der Waals surface area contributed by atoms with Crippen molar-refractivity contribution in [3.63, 3.8) is 0 Å². The Balaban J connectivity index is 1.39. The molecule has 0 bridgehead atoms. The van der Waals surface area contributed by atoms with Crippen LogP contribution in [-0.4, -0.2) is 67.6 Å². The van der Waals surface area contributed by atoms with Gasteiger partial charge in [0, 0.05) is 56.5 Å². The van der Waals surface area contributed by atoms with E-state index in [-0.39, 0.29) is 23.7 Å². The number of piperazine rings is 1. The van der Waals surface area contributed by atoms with E-state index >= 15 is 0 Å². The summed E-state index contributed by atoms with van der Waals surface area (Å²) >= 11 is 0. The molecule has 1 unspecified atom stereocenters. The number of nitrogens with zero attached hydrogens (tertiary/aromatic N) is 3. The number of nitrogens with one attached hydrogen (secondary N) is 1. The Morgan fingerprint density at radius 2 is 1.79 bits per heavy atom. The molecule has 2 atom stereocenters. The fourth-order valence-electron chi connectivity index (χ4n) is 4.81. The van der Waals surface area contributed by atoms with E-state index in [9.17, 15) is 9.59 Å². The summed E-state index contributed by atoms with van der Waals surface area (Å²) in [6.07, 6.45) is 0. The number of benzene rings is 1. The second-order valence-electron chi connectivity index (χ2n) is 9.07. The number of carbonyl (C=O) groups is 2. The molecular weight excluding hydrogens is 416 g/mol. The van der Waals surface area contributed by atoms with Gasteiger partial charge in [-0.05, 0) is 56.5 Å². The fourth-order valence-corrected chi connectivity index (χ4v) is 4.81. The molecule has 33 heavy (non-hydrogen) atoms. The minimum absolute atomic E-state index is 0.0325. The van der Waals surface area contributed by atoms with Crippen LogP contribution in [0.5, 0.6) is 0 Å². The van der Waals surface area contributed by atoms with Crippen molar-refractivity contribution >= 4 is 17.6 Å². The van der Waals surface area contributed by atoms with Crippen molar-refractivity contribution in [2.75, 3.05) is 50.8 Å². The molecule has 0 radical (unpaired) electrons. The van der Waals surface area contributed by atoms with Crippen LogP contribution >= 0.6 is 0 Å². The number of pyridine rings is 1. The zero-order valence-electron chi connectivity index (χ0n) is 20.1. The summed E-state index contributed by atoms with van der Waals surface area (Å²) in [6, 6.07) is 9.71. The van der Waals surface area contributed by atoms with Crippen molar-refractivity contribution in [1.82, 2.24) is 15.2 Å². The van der Waals surface area contributed by atoms with E-state index in [2.05, 4.69) is 30.1 Å². The summed E-state index contributed by atoms with van der Waals surface area (Å²) in [7, 11) is 0. The molecule has 176 valence electrons. The van der Waals surface area contributed by atoms with E-state index in [4.69, 9.17) is 9.72 Å². The standard InChI is InChI=1S/C26H34N4O3/c1-5-33-16-22-15-27-25(31)23(22)20-6-8-21(9-7-20)26(32)30-12-10-29(11-13-30)24-18(3)14-17(2)19(4)28-24/h6-9,14,22-23H,5,10-13,15-16H2,1-4H3,(H,27,31)/t22?,23-/m0/s1. The molecular formula is C26H34N4O3. The quantitative estimate of drug-likeness (QED) is 0.733. The normalized spacial score (nSPS) is 20.8. The monoisotopic (exact) mass is 450 g/mol. The van der Waals surface area contributed by atoms with Crippen LogP contribution in [0.4, 0.5) is 5.82 Å². The average molecular weight is 451 g/mol. The summed E-state index contributed by atoms with van der Waals surface area (Å²) in [5.41, 5.74) is 5.02. The molecule has 4 rings (SSSR count). The maximum atomic E-state index is 13.1. The van der Waals surface area contributed by atoms with Crippen LogP contribution in [0.1, 0.15) is 45.6 Å². The summed E-state index contributed by atoms with van der Waals surface area (Å²) in [4.78, 5) is 34.4. The first-order valence-corrected chi connectivity index (χ1v) is 11.8. The van der Waals surface area contributed by atoms with Crippen LogP contribution in [0.15, 0.2) is 30.3 Å². The van der Waals surface area contributed by atoms with Gasteiger partial charge in [0.05, 0.1) is 12.5 Å². The van der Waals surface area contributed by atoms with Gasteiger partial charge in [-0.3, -0.25) is 9.59 Å². The molecule has 2 aliphatic rings. The lowest BCUT2D eigenvalue weighted by atomic mass is 9.88. The number of carbonyl (C=O) groups excluding carboxylic acids is 2. The number of hydrogen-bond donors (Lipinski definition) is 1. The van der Waals surface area contributed by atoms with E-state index in [0.717, 1.165) is 30.2 Å². The molecule has 2 aromatic rings. The SMILES string of the molecule is CCOCC1CNC(=O)[C@H]1c1ccc(C(=O)N2CCN(c3nc(C)c(C)cc3C)CC2)cc1. The van der Waals surface area contributed by atoms with Crippen molar-refractivity contribution in [1.29, 1.82) is 0 Å². The number of hydrogen-bond acceptors (Lipinski definition) is 5. The second-order valence-corrected chi connectivity index (χ2v) is 9.07. The Labute approximate surface area is 196 Å². The average Bonchev–Trinajstić information content (AvgIpc) is 3.20. The fraction of sp³-hybridized carbons (Fsp3) is 0.500. The van der Waals surface area contributed by atoms with Crippen molar-refractivity contribution in [2.45, 2.75) is 33.6 Å². The highest BCUT2D eigenvalue weighted by atomic mass is 16.5. The van der Waals surface area contributed by atoms with Gasteiger partial charge in [-0.2, -0.15) is 0 Å². The Morgan fingerprint density at radius 1 is 1.09 bits per heavy atom. The van der Waals surface area contributed by atoms with Crippen molar-refractivity contribution in [2.24, 2.45) is 5.92 Å². The first-order valence-electron chi connectivity index (χ1n) is 11.8. The molecule has 2 amide bonds. The highest BCUT2D eigenvalue weighted by Crippen LogP contribution is 2.30. The summed E-state index contributed by atoms with van der Waals surface area (Å²) in [6.45, 7) is 12.8. The summed E-state index contributed by atoms with van der Waals surface area (Å²) in [5, 5.41) is 2.94. The van der Waals surface area contributed by atoms with Crippen molar-refractivity contribution < 1.29 is 14.3 Å². The molecule has 1 aromatic heterocycles. The van der Waals surface area contributed by atoms with Gasteiger partial charge >= 0.3 is 0 Å². The molecule has 2 saturated heterocycles. The Morgan fingerprint density at radius 3 is 2.45 bits per heavy atom. The minimum atomic E-state index is -0.224. The first-order chi connectivity index (χ1) is 15.9. The Bertz CT molecular complexity index is 1010. The maximum absolute atomic E-state index is 13.1. The van der Waals surface area contributed by atoms with E-state index in [0.29, 0.717) is 38.4 Å². The van der Waals surface area contributed by atoms with Crippen LogP contribution in [-0.2, 0) is 9.53 Å². The molecule has 7 nitrogen and oxygen atoms in total. The molecule has 0 spiro atoms. The molecule has 1 aromatic carbocycles. The number of aromatic nitrogens is 1. The third-order valence-corrected chi connectivity index (χ3v) is 6.84. The molecule has 0 saturated carbocycles. The van der Waals surface area contributed by atoms with Crippen LogP contribution in [0.2, 0.25) is 0 Å². The van der Waals surface area contributed by atoms with E-state index < -0.39 is 0 Å². The van der Waals surface area contributed by atoms with Gasteiger partial charge in [0.2, 0.25) is 5.91 Å². The van der Waals surface area contributed by atoms with E-state index in [1.807, 2.05) is 43.0 Å². The van der Waals surface area contributed by atoms with E-state index in [1.165, 1.54) is 11.1 Å². The van der Waals surface area contributed by atoms with Crippen LogP contribution in [0.3, 0.4) is 0 Å². The van der Waals surface area contributed by atoms with Gasteiger partial charge in [0.1, 0.15) is 5.82 Å². The molecule has 7 heteroatoms. The zero-order chi connectivity index (χ0) is 23.5. The lowest BCUT2D eigenvalue weighted by Crippen LogP contribution is -2.49. The zero-order valence-corrected chi connectivity index (χ0v) is 20.1. The van der Waals surface area contributed by atoms with Gasteiger partial charge < -0.3 is 19.9 Å². The Hall–Kier alpha value is -2.93. The Kier molecular flexibility index (Phi) is 6.98. The van der Waals surface area contributed by atoms with Crippen LogP contribution in [0.25, 0.3) is 0 Å². The van der Waals surface area contributed by atoms with Gasteiger partial charge in [-0.15, -0.1) is 0 Å². The molecule has 3 heterocycles. The minimum Gasteiger partial charge on any atom is -0.381 e. The van der Waals surface area contributed by atoms with Crippen molar-refractivity contribution in [3.05, 3.63) is 58.3 Å². The van der Waals surface area contributed by atoms with Crippen LogP contribution in [0, 0.1) is 26.7 Å². The number of anilines is 1. The van der Waals surface area contributed by atoms with Crippen molar-refractivity contribution in [3.8, 4) is 0 Å². The number of ether oxygens (including phenoxy) is 1. The predicted octanol–water partition coefficient (Wildman–Crippen LogP) is 2.84. The predicted molar refractivity (Wildman–Crippen MR) is 129 cm³/mol. The largest absolute Gasteiger partial charge is 0.381 e. The lowest BCUT2D eigenvalue weighted by molar-refractivity contribution is -0.120. The topological polar surface area (TPSA) is 74.8 Å². The maximum Gasteiger partial charge on any atom is 0.253 e. The van der Waals surface area contributed by atoms with Gasteiger partial charge in [0.25, 0.3) is 5.91 Å². The first kappa shape index (κ1) is 23.2. The number of rotatable bonds is 6. The molecule has 1 N–H and O–H groups in total. The lowest BCUT2D eigenvalue weighted by Gasteiger charge is -2.36. The van der Waals surface area contributed by atoms with E-state index in [1.54, 1.807) is 0 Å².